The highest BCUT2D eigenvalue weighted by Gasteiger charge is 2.45. The van der Waals surface area contributed by atoms with E-state index in [9.17, 15) is 9.90 Å². The van der Waals surface area contributed by atoms with Crippen molar-refractivity contribution >= 4 is 16.9 Å². The van der Waals surface area contributed by atoms with Crippen molar-refractivity contribution in [2.24, 2.45) is 17.8 Å². The van der Waals surface area contributed by atoms with E-state index in [4.69, 9.17) is 32.8 Å². The number of carbonyl (C=O) groups excluding carboxylic acids is 1. The maximum atomic E-state index is 15.4. The van der Waals surface area contributed by atoms with Gasteiger partial charge in [-0.15, -0.1) is 0 Å². The number of benzene rings is 3. The Hall–Kier alpha value is -5.04. The standard InChI is InChI=1S/C49H60N2O10/c1-7-29-27-50-17-15-30-22-42(55-3)44(57-5)24-35(30)39(50)20-32(29)21-40-36-25-45(58-6)43(56-4)23-31(36)16-18-51(40)48(54)46-26-37(33(13-11-19-52)49(61-46)59-8-2)38-28-60-41-14-10-9-12-34(41)47(38)53/h9-10,12,14,22-26,28-29,32-33,37,39-40,49,52H,7-8,11,13,15-21,27H2,1-6H3/t29-,32+,33+,37+,39-,40+,49-/m0/s1. The number of amides is 1. The molecule has 1 saturated heterocycles. The number of nitrogens with zero attached hydrogens (tertiary/aromatic N) is 2. The van der Waals surface area contributed by atoms with E-state index in [0.717, 1.165) is 61.4 Å². The minimum Gasteiger partial charge on any atom is -0.493 e. The zero-order chi connectivity index (χ0) is 42.8. The normalized spacial score (nSPS) is 24.8. The van der Waals surface area contributed by atoms with E-state index in [-0.39, 0.29) is 47.6 Å². The van der Waals surface area contributed by atoms with Crippen molar-refractivity contribution in [2.75, 3.05) is 61.3 Å². The van der Waals surface area contributed by atoms with E-state index in [1.165, 1.54) is 17.4 Å². The summed E-state index contributed by atoms with van der Waals surface area (Å²) in [7, 11) is 6.66. The average Bonchev–Trinajstić information content (AvgIpc) is 3.29. The number of para-hydroxylation sites is 1. The highest BCUT2D eigenvalue weighted by molar-refractivity contribution is 5.92. The Labute approximate surface area is 358 Å². The van der Waals surface area contributed by atoms with Gasteiger partial charge in [0, 0.05) is 56.3 Å². The van der Waals surface area contributed by atoms with Gasteiger partial charge >= 0.3 is 0 Å². The van der Waals surface area contributed by atoms with Crippen molar-refractivity contribution < 1.29 is 42.7 Å². The molecule has 4 aromatic rings. The molecule has 0 aliphatic carbocycles. The van der Waals surface area contributed by atoms with Gasteiger partial charge in [-0.1, -0.05) is 25.5 Å². The third-order valence-corrected chi connectivity index (χ3v) is 13.8. The second-order valence-corrected chi connectivity index (χ2v) is 16.8. The molecule has 4 aliphatic rings. The molecule has 326 valence electrons. The summed E-state index contributed by atoms with van der Waals surface area (Å²) >= 11 is 0. The zero-order valence-electron chi connectivity index (χ0n) is 36.3. The summed E-state index contributed by atoms with van der Waals surface area (Å²) in [6.45, 7) is 6.88. The number of carbonyl (C=O) groups is 1. The number of rotatable bonds is 14. The zero-order valence-corrected chi connectivity index (χ0v) is 36.3. The molecular weight excluding hydrogens is 777 g/mol. The Balaban J connectivity index is 1.20. The minimum atomic E-state index is -0.827. The molecule has 3 aromatic carbocycles. The molecule has 0 radical (unpaired) electrons. The van der Waals surface area contributed by atoms with Crippen LogP contribution < -0.4 is 24.4 Å². The Morgan fingerprint density at radius 3 is 2.21 bits per heavy atom. The lowest BCUT2D eigenvalue weighted by atomic mass is 9.72. The van der Waals surface area contributed by atoms with Crippen LogP contribution in [0.4, 0.5) is 0 Å². The van der Waals surface area contributed by atoms with Crippen LogP contribution in [0.15, 0.2) is 75.8 Å². The average molecular weight is 837 g/mol. The van der Waals surface area contributed by atoms with Crippen LogP contribution in [0, 0.1) is 17.8 Å². The number of hydrogen-bond donors (Lipinski definition) is 1. The van der Waals surface area contributed by atoms with Gasteiger partial charge in [-0.3, -0.25) is 14.5 Å². The molecule has 4 aliphatic heterocycles. The highest BCUT2D eigenvalue weighted by Crippen LogP contribution is 2.50. The maximum absolute atomic E-state index is 15.4. The van der Waals surface area contributed by atoms with Crippen LogP contribution in [-0.4, -0.2) is 88.4 Å². The lowest BCUT2D eigenvalue weighted by Gasteiger charge is -2.49. The first kappa shape index (κ1) is 42.6. The van der Waals surface area contributed by atoms with Crippen LogP contribution >= 0.6 is 0 Å². The van der Waals surface area contributed by atoms with Crippen LogP contribution in [0.1, 0.15) is 91.8 Å². The number of fused-ring (bicyclic) bond motifs is 5. The predicted molar refractivity (Wildman–Crippen MR) is 231 cm³/mol. The summed E-state index contributed by atoms with van der Waals surface area (Å²) in [5.41, 5.74) is 5.50. The van der Waals surface area contributed by atoms with Gasteiger partial charge in [0.15, 0.2) is 34.2 Å². The quantitative estimate of drug-likeness (QED) is 0.134. The number of methoxy groups -OCH3 is 4. The van der Waals surface area contributed by atoms with E-state index < -0.39 is 12.2 Å². The van der Waals surface area contributed by atoms with Gasteiger partial charge in [-0.25, -0.2) is 0 Å². The number of hydrogen-bond acceptors (Lipinski definition) is 11. The molecule has 1 amide bonds. The Bertz CT molecular complexity index is 2310. The fourth-order valence-corrected chi connectivity index (χ4v) is 10.6. The van der Waals surface area contributed by atoms with Gasteiger partial charge in [-0.2, -0.15) is 0 Å². The first-order valence-electron chi connectivity index (χ1n) is 21.9. The lowest BCUT2D eigenvalue weighted by molar-refractivity contribution is -0.171. The lowest BCUT2D eigenvalue weighted by Crippen LogP contribution is -2.48. The van der Waals surface area contributed by atoms with Gasteiger partial charge in [-0.05, 0) is 122 Å². The minimum absolute atomic E-state index is 0.0289. The third kappa shape index (κ3) is 8.10. The van der Waals surface area contributed by atoms with Gasteiger partial charge in [0.25, 0.3) is 5.91 Å². The molecule has 12 heteroatoms. The monoisotopic (exact) mass is 836 g/mol. The van der Waals surface area contributed by atoms with Crippen molar-refractivity contribution in [3.05, 3.63) is 105 Å². The van der Waals surface area contributed by atoms with E-state index in [0.29, 0.717) is 66.4 Å². The third-order valence-electron chi connectivity index (χ3n) is 13.8. The van der Waals surface area contributed by atoms with Crippen LogP contribution in [0.25, 0.3) is 11.0 Å². The van der Waals surface area contributed by atoms with Gasteiger partial charge in [0.05, 0.1) is 46.1 Å². The molecule has 5 heterocycles. The first-order valence-corrected chi connectivity index (χ1v) is 21.9. The molecule has 12 nitrogen and oxygen atoms in total. The van der Waals surface area contributed by atoms with Crippen LogP contribution in [0.5, 0.6) is 23.0 Å². The van der Waals surface area contributed by atoms with Crippen LogP contribution in [-0.2, 0) is 27.1 Å². The fraction of sp³-hybridized carbons (Fsp3) is 0.510. The second-order valence-electron chi connectivity index (χ2n) is 16.8. The Morgan fingerprint density at radius 2 is 1.52 bits per heavy atom. The van der Waals surface area contributed by atoms with E-state index in [1.54, 1.807) is 46.6 Å². The molecule has 7 atom stereocenters. The molecule has 0 spiro atoms. The van der Waals surface area contributed by atoms with E-state index >= 15 is 4.79 Å². The number of piperidine rings is 1. The SMILES string of the molecule is CCO[C@H]1OC(C(=O)N2CCc3cc(OC)c(OC)cc3[C@H]2C[C@H]2C[C@H]3c4cc(OC)c(OC)cc4CCN3C[C@@H]2CC)=C[C@@H](c2coc3ccccc3c2=O)[C@H]1CCCO. The van der Waals surface area contributed by atoms with E-state index in [2.05, 4.69) is 36.1 Å². The summed E-state index contributed by atoms with van der Waals surface area (Å²) in [6, 6.07) is 15.5. The topological polar surface area (TPSA) is 129 Å². The first-order chi connectivity index (χ1) is 29.7. The highest BCUT2D eigenvalue weighted by atomic mass is 16.7. The van der Waals surface area contributed by atoms with Crippen molar-refractivity contribution in [1.29, 1.82) is 0 Å². The summed E-state index contributed by atoms with van der Waals surface area (Å²) in [4.78, 5) is 34.1. The summed E-state index contributed by atoms with van der Waals surface area (Å²) in [6.07, 6.45) is 7.72. The van der Waals surface area contributed by atoms with Crippen molar-refractivity contribution in [2.45, 2.75) is 83.1 Å². The molecule has 0 bridgehead atoms. The van der Waals surface area contributed by atoms with Crippen molar-refractivity contribution in [3.8, 4) is 23.0 Å². The summed E-state index contributed by atoms with van der Waals surface area (Å²) in [5.74, 6) is 2.43. The fourth-order valence-electron chi connectivity index (χ4n) is 10.6. The van der Waals surface area contributed by atoms with Gasteiger partial charge in [0.1, 0.15) is 5.58 Å². The second kappa shape index (κ2) is 18.5. The largest absolute Gasteiger partial charge is 0.493 e. The molecular formula is C49H60N2O10. The predicted octanol–water partition coefficient (Wildman–Crippen LogP) is 7.74. The van der Waals surface area contributed by atoms with Gasteiger partial charge in [0.2, 0.25) is 6.29 Å². The molecule has 1 N–H and O–H groups in total. The smallest absolute Gasteiger partial charge is 0.289 e. The number of aliphatic hydroxyl groups excluding tert-OH is 1. The molecule has 1 fully saturated rings. The number of allylic oxidation sites excluding steroid dienone is 1. The maximum Gasteiger partial charge on any atom is 0.289 e. The Morgan fingerprint density at radius 1 is 0.852 bits per heavy atom. The summed E-state index contributed by atoms with van der Waals surface area (Å²) in [5, 5.41) is 10.4. The molecule has 1 aromatic heterocycles. The van der Waals surface area contributed by atoms with Crippen LogP contribution in [0.3, 0.4) is 0 Å². The van der Waals surface area contributed by atoms with Crippen molar-refractivity contribution in [1.82, 2.24) is 9.80 Å². The number of ether oxygens (including phenoxy) is 6. The molecule has 8 rings (SSSR count). The van der Waals surface area contributed by atoms with E-state index in [1.807, 2.05) is 24.0 Å². The van der Waals surface area contributed by atoms with Gasteiger partial charge < -0.3 is 42.8 Å². The molecule has 61 heavy (non-hydrogen) atoms. The molecule has 0 unspecified atom stereocenters. The summed E-state index contributed by atoms with van der Waals surface area (Å²) < 4.78 is 42.0. The Kier molecular flexibility index (Phi) is 12.9. The van der Waals surface area contributed by atoms with Crippen molar-refractivity contribution in [3.63, 3.8) is 0 Å². The number of aliphatic hydroxyl groups is 1. The van der Waals surface area contributed by atoms with Crippen LogP contribution in [0.2, 0.25) is 0 Å². The molecule has 0 saturated carbocycles.